The standard InChI is InChI=1S/C21H34N4O/c1-2-24-10-12-25(13-11-24)16-18-8-6-17(7-9-18)15-23-21(26)20-5-3-4-19(20)14-22/h6-9,19-20H,2-5,10-16,22H2,1H3,(H,23,26)/t19-,20-/m1/s1. The Morgan fingerprint density at radius 3 is 2.38 bits per heavy atom. The summed E-state index contributed by atoms with van der Waals surface area (Å²) in [7, 11) is 0. The lowest BCUT2D eigenvalue weighted by Crippen LogP contribution is -2.45. The van der Waals surface area contributed by atoms with E-state index in [2.05, 4.69) is 46.3 Å². The molecular weight excluding hydrogens is 324 g/mol. The molecule has 1 amide bonds. The molecule has 5 heteroatoms. The van der Waals surface area contributed by atoms with Gasteiger partial charge in [0.2, 0.25) is 5.91 Å². The summed E-state index contributed by atoms with van der Waals surface area (Å²) >= 11 is 0. The Labute approximate surface area is 157 Å². The molecule has 5 nitrogen and oxygen atoms in total. The maximum Gasteiger partial charge on any atom is 0.223 e. The molecule has 1 heterocycles. The van der Waals surface area contributed by atoms with E-state index >= 15 is 0 Å². The van der Waals surface area contributed by atoms with E-state index in [1.54, 1.807) is 0 Å². The molecule has 0 unspecified atom stereocenters. The molecule has 3 rings (SSSR count). The number of nitrogens with two attached hydrogens (primary N) is 1. The zero-order chi connectivity index (χ0) is 18.4. The van der Waals surface area contributed by atoms with E-state index in [9.17, 15) is 4.79 Å². The average molecular weight is 359 g/mol. The summed E-state index contributed by atoms with van der Waals surface area (Å²) in [6, 6.07) is 8.69. The number of carbonyl (C=O) groups is 1. The molecule has 2 atom stereocenters. The van der Waals surface area contributed by atoms with Crippen molar-refractivity contribution in [3.63, 3.8) is 0 Å². The molecule has 1 aliphatic heterocycles. The van der Waals surface area contributed by atoms with Crippen molar-refractivity contribution in [2.24, 2.45) is 17.6 Å². The number of amides is 1. The van der Waals surface area contributed by atoms with Crippen LogP contribution in [0, 0.1) is 11.8 Å². The number of nitrogens with one attached hydrogen (secondary N) is 1. The lowest BCUT2D eigenvalue weighted by Gasteiger charge is -2.34. The van der Waals surface area contributed by atoms with Gasteiger partial charge in [0.15, 0.2) is 0 Å². The molecule has 1 aromatic rings. The predicted octanol–water partition coefficient (Wildman–Crippen LogP) is 1.82. The van der Waals surface area contributed by atoms with Crippen LogP contribution in [0.15, 0.2) is 24.3 Å². The number of hydrogen-bond donors (Lipinski definition) is 2. The molecule has 2 fully saturated rings. The molecular formula is C21H34N4O. The van der Waals surface area contributed by atoms with Gasteiger partial charge < -0.3 is 16.0 Å². The van der Waals surface area contributed by atoms with Crippen LogP contribution in [-0.2, 0) is 17.9 Å². The lowest BCUT2D eigenvalue weighted by molar-refractivity contribution is -0.126. The number of piperazine rings is 1. The second kappa shape index (κ2) is 9.49. The maximum atomic E-state index is 12.4. The van der Waals surface area contributed by atoms with Crippen molar-refractivity contribution in [1.29, 1.82) is 0 Å². The van der Waals surface area contributed by atoms with Gasteiger partial charge >= 0.3 is 0 Å². The first-order valence-corrected chi connectivity index (χ1v) is 10.2. The Morgan fingerprint density at radius 1 is 1.08 bits per heavy atom. The van der Waals surface area contributed by atoms with Gasteiger partial charge in [-0.05, 0) is 43.0 Å². The van der Waals surface area contributed by atoms with Crippen LogP contribution < -0.4 is 11.1 Å². The summed E-state index contributed by atoms with van der Waals surface area (Å²) < 4.78 is 0. The van der Waals surface area contributed by atoms with Crippen molar-refractivity contribution in [2.75, 3.05) is 39.3 Å². The van der Waals surface area contributed by atoms with Crippen molar-refractivity contribution in [1.82, 2.24) is 15.1 Å². The Balaban J connectivity index is 1.44. The van der Waals surface area contributed by atoms with Gasteiger partial charge in [-0.3, -0.25) is 9.69 Å². The van der Waals surface area contributed by atoms with Crippen LogP contribution in [0.3, 0.4) is 0 Å². The molecule has 1 saturated carbocycles. The van der Waals surface area contributed by atoms with E-state index < -0.39 is 0 Å². The Bertz CT molecular complexity index is 566. The number of rotatable bonds is 7. The SMILES string of the molecule is CCN1CCN(Cc2ccc(CNC(=O)[C@@H]3CCC[C@@H]3CN)cc2)CC1. The van der Waals surface area contributed by atoms with Gasteiger partial charge in [0.05, 0.1) is 0 Å². The predicted molar refractivity (Wildman–Crippen MR) is 106 cm³/mol. The zero-order valence-corrected chi connectivity index (χ0v) is 16.1. The van der Waals surface area contributed by atoms with Crippen LogP contribution in [0.4, 0.5) is 0 Å². The highest BCUT2D eigenvalue weighted by molar-refractivity contribution is 5.79. The van der Waals surface area contributed by atoms with Crippen molar-refractivity contribution < 1.29 is 4.79 Å². The molecule has 0 bridgehead atoms. The topological polar surface area (TPSA) is 61.6 Å². The van der Waals surface area contributed by atoms with Crippen LogP contribution in [0.2, 0.25) is 0 Å². The number of nitrogens with zero attached hydrogens (tertiary/aromatic N) is 2. The van der Waals surface area contributed by atoms with E-state index in [4.69, 9.17) is 5.73 Å². The maximum absolute atomic E-state index is 12.4. The van der Waals surface area contributed by atoms with Crippen molar-refractivity contribution >= 4 is 5.91 Å². The molecule has 26 heavy (non-hydrogen) atoms. The number of hydrogen-bond acceptors (Lipinski definition) is 4. The first-order valence-electron chi connectivity index (χ1n) is 10.2. The highest BCUT2D eigenvalue weighted by atomic mass is 16.1. The van der Waals surface area contributed by atoms with Gasteiger partial charge in [0.25, 0.3) is 0 Å². The van der Waals surface area contributed by atoms with Gasteiger partial charge in [-0.2, -0.15) is 0 Å². The van der Waals surface area contributed by atoms with E-state index in [1.807, 2.05) is 0 Å². The van der Waals surface area contributed by atoms with Crippen molar-refractivity contribution in [3.05, 3.63) is 35.4 Å². The van der Waals surface area contributed by atoms with Crippen molar-refractivity contribution in [3.8, 4) is 0 Å². The quantitative estimate of drug-likeness (QED) is 0.780. The third-order valence-electron chi connectivity index (χ3n) is 6.11. The fourth-order valence-corrected chi connectivity index (χ4v) is 4.27. The first-order chi connectivity index (χ1) is 12.7. The highest BCUT2D eigenvalue weighted by Crippen LogP contribution is 2.31. The average Bonchev–Trinajstić information content (AvgIpc) is 3.17. The van der Waals surface area contributed by atoms with Gasteiger partial charge in [0.1, 0.15) is 0 Å². The van der Waals surface area contributed by atoms with Crippen LogP contribution in [0.5, 0.6) is 0 Å². The first kappa shape index (κ1) is 19.3. The minimum atomic E-state index is 0.112. The van der Waals surface area contributed by atoms with Crippen molar-refractivity contribution in [2.45, 2.75) is 39.3 Å². The smallest absolute Gasteiger partial charge is 0.223 e. The van der Waals surface area contributed by atoms with E-state index in [0.29, 0.717) is 19.0 Å². The monoisotopic (exact) mass is 358 g/mol. The highest BCUT2D eigenvalue weighted by Gasteiger charge is 2.31. The molecule has 1 aliphatic carbocycles. The summed E-state index contributed by atoms with van der Waals surface area (Å²) in [6.07, 6.45) is 3.20. The largest absolute Gasteiger partial charge is 0.352 e. The summed E-state index contributed by atoms with van der Waals surface area (Å²) in [6.45, 7) is 10.3. The molecule has 3 N–H and O–H groups in total. The normalized spacial score (nSPS) is 24.7. The number of benzene rings is 1. The van der Waals surface area contributed by atoms with Gasteiger partial charge in [-0.15, -0.1) is 0 Å². The molecule has 1 saturated heterocycles. The van der Waals surface area contributed by atoms with Gasteiger partial charge in [-0.1, -0.05) is 37.6 Å². The Kier molecular flexibility index (Phi) is 7.06. The molecule has 0 spiro atoms. The van der Waals surface area contributed by atoms with E-state index in [1.165, 1.54) is 24.2 Å². The molecule has 2 aliphatic rings. The number of likely N-dealkylation sites (N-methyl/N-ethyl adjacent to an activating group) is 1. The van der Waals surface area contributed by atoms with Crippen LogP contribution in [-0.4, -0.2) is 55.0 Å². The molecule has 0 aromatic heterocycles. The summed E-state index contributed by atoms with van der Waals surface area (Å²) in [5.41, 5.74) is 8.31. The molecule has 144 valence electrons. The zero-order valence-electron chi connectivity index (χ0n) is 16.1. The van der Waals surface area contributed by atoms with Crippen LogP contribution in [0.25, 0.3) is 0 Å². The second-order valence-corrected chi connectivity index (χ2v) is 7.78. The summed E-state index contributed by atoms with van der Waals surface area (Å²) in [5.74, 6) is 0.655. The fourth-order valence-electron chi connectivity index (χ4n) is 4.27. The van der Waals surface area contributed by atoms with E-state index in [-0.39, 0.29) is 11.8 Å². The number of carbonyl (C=O) groups excluding carboxylic acids is 1. The molecule has 0 radical (unpaired) electrons. The second-order valence-electron chi connectivity index (χ2n) is 7.78. The van der Waals surface area contributed by atoms with Crippen LogP contribution in [0.1, 0.15) is 37.3 Å². The third kappa shape index (κ3) is 5.06. The summed E-state index contributed by atoms with van der Waals surface area (Å²) in [5, 5.41) is 3.11. The molecule has 1 aromatic carbocycles. The minimum absolute atomic E-state index is 0.112. The van der Waals surface area contributed by atoms with E-state index in [0.717, 1.165) is 45.4 Å². The Hall–Kier alpha value is -1.43. The minimum Gasteiger partial charge on any atom is -0.352 e. The summed E-state index contributed by atoms with van der Waals surface area (Å²) in [4.78, 5) is 17.4. The fraction of sp³-hybridized carbons (Fsp3) is 0.667. The lowest BCUT2D eigenvalue weighted by atomic mass is 9.95. The third-order valence-corrected chi connectivity index (χ3v) is 6.11. The van der Waals surface area contributed by atoms with Crippen LogP contribution >= 0.6 is 0 Å². The Morgan fingerprint density at radius 2 is 1.73 bits per heavy atom. The van der Waals surface area contributed by atoms with Gasteiger partial charge in [-0.25, -0.2) is 0 Å². The van der Waals surface area contributed by atoms with Gasteiger partial charge in [0, 0.05) is 45.2 Å².